The largest absolute Gasteiger partial charge is 0.461 e. The maximum absolute atomic E-state index is 10.5. The number of hydrogen-bond donors (Lipinski definition) is 0. The van der Waals surface area contributed by atoms with Crippen molar-refractivity contribution in [3.05, 3.63) is 34.3 Å². The van der Waals surface area contributed by atoms with Gasteiger partial charge in [0.25, 0.3) is 0 Å². The molecule has 0 spiro atoms. The summed E-state index contributed by atoms with van der Waals surface area (Å²) in [6.45, 7) is 6.10. The van der Waals surface area contributed by atoms with Crippen LogP contribution in [0.3, 0.4) is 0 Å². The molecule has 0 unspecified atom stereocenters. The first-order valence-electron chi connectivity index (χ1n) is 5.48. The smallest absolute Gasteiger partial charge is 0.302 e. The normalized spacial score (nSPS) is 9.00. The standard InChI is InChI=1S/C9H9BrO2.C4H10/c1-7(11)12-6-8-3-2-4-9(10)5-8;1-3-4-2/h2-5H,6H2,1H3;3-4H2,1-2H3. The van der Waals surface area contributed by atoms with Crippen molar-refractivity contribution in [3.63, 3.8) is 0 Å². The molecule has 90 valence electrons. The molecule has 0 atom stereocenters. The molecule has 0 aliphatic carbocycles. The maximum Gasteiger partial charge on any atom is 0.302 e. The number of hydrogen-bond acceptors (Lipinski definition) is 2. The zero-order valence-electron chi connectivity index (χ0n) is 10.1. The lowest BCUT2D eigenvalue weighted by molar-refractivity contribution is -0.142. The van der Waals surface area contributed by atoms with Crippen LogP contribution in [-0.2, 0) is 16.1 Å². The van der Waals surface area contributed by atoms with E-state index in [1.165, 1.54) is 19.8 Å². The van der Waals surface area contributed by atoms with E-state index in [-0.39, 0.29) is 5.97 Å². The summed E-state index contributed by atoms with van der Waals surface area (Å²) in [5, 5.41) is 0. The second kappa shape index (κ2) is 9.40. The quantitative estimate of drug-likeness (QED) is 0.774. The molecule has 2 nitrogen and oxygen atoms in total. The van der Waals surface area contributed by atoms with E-state index in [1.807, 2.05) is 24.3 Å². The van der Waals surface area contributed by atoms with Crippen molar-refractivity contribution in [2.75, 3.05) is 0 Å². The van der Waals surface area contributed by atoms with Crippen molar-refractivity contribution in [2.24, 2.45) is 0 Å². The van der Waals surface area contributed by atoms with E-state index in [4.69, 9.17) is 4.74 Å². The van der Waals surface area contributed by atoms with Gasteiger partial charge in [0.15, 0.2) is 0 Å². The highest BCUT2D eigenvalue weighted by Crippen LogP contribution is 2.12. The van der Waals surface area contributed by atoms with Gasteiger partial charge in [0, 0.05) is 11.4 Å². The van der Waals surface area contributed by atoms with E-state index >= 15 is 0 Å². The summed E-state index contributed by atoms with van der Waals surface area (Å²) >= 11 is 3.33. The fourth-order valence-electron chi connectivity index (χ4n) is 0.812. The minimum absolute atomic E-state index is 0.255. The number of benzene rings is 1. The predicted octanol–water partition coefficient (Wildman–Crippen LogP) is 4.32. The molecule has 1 aromatic rings. The number of halogens is 1. The SMILES string of the molecule is CC(=O)OCc1cccc(Br)c1.CCCC. The molecule has 0 bridgehead atoms. The molecule has 0 N–H and O–H groups in total. The Hall–Kier alpha value is -0.830. The third-order valence-corrected chi connectivity index (χ3v) is 2.32. The molecule has 0 amide bonds. The van der Waals surface area contributed by atoms with E-state index in [9.17, 15) is 4.79 Å². The molecule has 0 aliphatic rings. The lowest BCUT2D eigenvalue weighted by Crippen LogP contribution is -1.98. The number of esters is 1. The summed E-state index contributed by atoms with van der Waals surface area (Å²) in [5.41, 5.74) is 0.986. The highest BCUT2D eigenvalue weighted by molar-refractivity contribution is 9.10. The number of carbonyl (C=O) groups excluding carboxylic acids is 1. The Morgan fingerprint density at radius 1 is 1.31 bits per heavy atom. The van der Waals surface area contributed by atoms with Crippen LogP contribution in [0.4, 0.5) is 0 Å². The highest BCUT2D eigenvalue weighted by Gasteiger charge is 1.95. The Kier molecular flexibility index (Phi) is 8.91. The first kappa shape index (κ1) is 15.2. The molecule has 0 saturated carbocycles. The van der Waals surface area contributed by atoms with Gasteiger partial charge in [-0.2, -0.15) is 0 Å². The second-order valence-corrected chi connectivity index (χ2v) is 4.33. The van der Waals surface area contributed by atoms with E-state index in [0.717, 1.165) is 10.0 Å². The van der Waals surface area contributed by atoms with Crippen molar-refractivity contribution < 1.29 is 9.53 Å². The van der Waals surface area contributed by atoms with Crippen LogP contribution in [0.5, 0.6) is 0 Å². The summed E-state index contributed by atoms with van der Waals surface area (Å²) in [7, 11) is 0. The van der Waals surface area contributed by atoms with Gasteiger partial charge in [-0.3, -0.25) is 4.79 Å². The van der Waals surface area contributed by atoms with Crippen molar-refractivity contribution in [1.82, 2.24) is 0 Å². The third kappa shape index (κ3) is 8.48. The van der Waals surface area contributed by atoms with Gasteiger partial charge in [0.1, 0.15) is 6.61 Å². The van der Waals surface area contributed by atoms with Crippen molar-refractivity contribution in [1.29, 1.82) is 0 Å². The van der Waals surface area contributed by atoms with Gasteiger partial charge in [-0.05, 0) is 17.7 Å². The molecule has 16 heavy (non-hydrogen) atoms. The third-order valence-electron chi connectivity index (χ3n) is 1.83. The summed E-state index contributed by atoms with van der Waals surface area (Å²) in [6.07, 6.45) is 2.64. The van der Waals surface area contributed by atoms with Gasteiger partial charge in [0.05, 0.1) is 0 Å². The monoisotopic (exact) mass is 286 g/mol. The molecule has 0 radical (unpaired) electrons. The maximum atomic E-state index is 10.5. The molecule has 0 fully saturated rings. The Morgan fingerprint density at radius 2 is 1.94 bits per heavy atom. The van der Waals surface area contributed by atoms with Crippen LogP contribution in [0.1, 0.15) is 39.2 Å². The van der Waals surface area contributed by atoms with E-state index in [1.54, 1.807) is 0 Å². The summed E-state index contributed by atoms with van der Waals surface area (Å²) < 4.78 is 5.82. The molecule has 0 aliphatic heterocycles. The average Bonchev–Trinajstić information content (AvgIpc) is 2.27. The minimum atomic E-state index is -0.255. The van der Waals surface area contributed by atoms with Gasteiger partial charge in [-0.1, -0.05) is 54.8 Å². The number of rotatable bonds is 3. The van der Waals surface area contributed by atoms with Gasteiger partial charge in [-0.15, -0.1) is 0 Å². The van der Waals surface area contributed by atoms with Crippen LogP contribution >= 0.6 is 15.9 Å². The summed E-state index contributed by atoms with van der Waals surface area (Å²) in [5.74, 6) is -0.255. The Balaban J connectivity index is 0.000000487. The van der Waals surface area contributed by atoms with E-state index in [0.29, 0.717) is 6.61 Å². The molecule has 3 heteroatoms. The molecule has 1 aromatic carbocycles. The van der Waals surface area contributed by atoms with Crippen LogP contribution in [0.2, 0.25) is 0 Å². The molecule has 0 saturated heterocycles. The lowest BCUT2D eigenvalue weighted by atomic mass is 10.2. The first-order valence-corrected chi connectivity index (χ1v) is 6.27. The van der Waals surface area contributed by atoms with Crippen LogP contribution in [0.15, 0.2) is 28.7 Å². The van der Waals surface area contributed by atoms with Gasteiger partial charge < -0.3 is 4.74 Å². The average molecular weight is 287 g/mol. The summed E-state index contributed by atoms with van der Waals surface area (Å²) in [4.78, 5) is 10.5. The zero-order chi connectivity index (χ0) is 12.4. The van der Waals surface area contributed by atoms with Gasteiger partial charge in [-0.25, -0.2) is 0 Å². The van der Waals surface area contributed by atoms with Crippen LogP contribution in [0, 0.1) is 0 Å². The molecule has 0 aromatic heterocycles. The van der Waals surface area contributed by atoms with Crippen molar-refractivity contribution in [2.45, 2.75) is 40.2 Å². The number of carbonyl (C=O) groups is 1. The van der Waals surface area contributed by atoms with Gasteiger partial charge in [0.2, 0.25) is 0 Å². The fraction of sp³-hybridized carbons (Fsp3) is 0.462. The fourth-order valence-corrected chi connectivity index (χ4v) is 1.26. The van der Waals surface area contributed by atoms with Gasteiger partial charge >= 0.3 is 5.97 Å². The molecule has 1 rings (SSSR count). The summed E-state index contributed by atoms with van der Waals surface area (Å²) in [6, 6.07) is 7.66. The zero-order valence-corrected chi connectivity index (χ0v) is 11.7. The number of unbranched alkanes of at least 4 members (excludes halogenated alkanes) is 1. The van der Waals surface area contributed by atoms with E-state index in [2.05, 4.69) is 29.8 Å². The van der Waals surface area contributed by atoms with E-state index < -0.39 is 0 Å². The Labute approximate surface area is 106 Å². The highest BCUT2D eigenvalue weighted by atomic mass is 79.9. The topological polar surface area (TPSA) is 26.3 Å². The minimum Gasteiger partial charge on any atom is -0.461 e. The molecular formula is C13H19BrO2. The second-order valence-electron chi connectivity index (χ2n) is 3.41. The van der Waals surface area contributed by atoms with Crippen LogP contribution < -0.4 is 0 Å². The lowest BCUT2D eigenvalue weighted by Gasteiger charge is -2.01. The number of ether oxygens (including phenoxy) is 1. The van der Waals surface area contributed by atoms with Crippen LogP contribution in [0.25, 0.3) is 0 Å². The molecular weight excluding hydrogens is 268 g/mol. The predicted molar refractivity (Wildman–Crippen MR) is 70.2 cm³/mol. The van der Waals surface area contributed by atoms with Crippen molar-refractivity contribution >= 4 is 21.9 Å². The Bertz CT molecular complexity index is 309. The van der Waals surface area contributed by atoms with Crippen LogP contribution in [-0.4, -0.2) is 5.97 Å². The van der Waals surface area contributed by atoms with Crippen molar-refractivity contribution in [3.8, 4) is 0 Å². The first-order chi connectivity index (χ1) is 7.60. The Morgan fingerprint density at radius 3 is 2.38 bits per heavy atom. The molecule has 0 heterocycles.